The van der Waals surface area contributed by atoms with Crippen LogP contribution in [0.3, 0.4) is 0 Å². The van der Waals surface area contributed by atoms with Crippen molar-refractivity contribution in [2.45, 2.75) is 64.1 Å². The summed E-state index contributed by atoms with van der Waals surface area (Å²) in [7, 11) is 0. The number of alkyl halides is 2. The number of carboxylic acids is 1. The number of hydrogen-bond acceptors (Lipinski definition) is 8. The van der Waals surface area contributed by atoms with Crippen LogP contribution >= 0.6 is 0 Å². The molecule has 1 amide bonds. The normalized spacial score (nSPS) is 23.9. The summed E-state index contributed by atoms with van der Waals surface area (Å²) in [6.07, 6.45) is 3.82. The van der Waals surface area contributed by atoms with E-state index in [2.05, 4.69) is 27.1 Å². The number of rotatable bonds is 7. The number of pyridine rings is 1. The maximum Gasteiger partial charge on any atom is 0.309 e. The summed E-state index contributed by atoms with van der Waals surface area (Å²) < 4.78 is 49.8. The van der Waals surface area contributed by atoms with E-state index in [1.807, 2.05) is 0 Å². The number of aromatic nitrogens is 4. The van der Waals surface area contributed by atoms with E-state index < -0.39 is 35.6 Å². The van der Waals surface area contributed by atoms with Crippen molar-refractivity contribution in [1.82, 2.24) is 24.3 Å². The van der Waals surface area contributed by atoms with Gasteiger partial charge in [-0.25, -0.2) is 28.1 Å². The summed E-state index contributed by atoms with van der Waals surface area (Å²) >= 11 is 0. The Morgan fingerprint density at radius 2 is 1.91 bits per heavy atom. The highest BCUT2D eigenvalue weighted by atomic mass is 19.3. The zero-order chi connectivity index (χ0) is 32.7. The number of benzene rings is 1. The second-order valence-corrected chi connectivity index (χ2v) is 12.2. The number of nitrogen functional groups attached to an aromatic ring is 1. The molecule has 1 aromatic carbocycles. The highest BCUT2D eigenvalue weighted by Crippen LogP contribution is 2.40. The minimum absolute atomic E-state index is 0.0490. The highest BCUT2D eigenvalue weighted by molar-refractivity contribution is 6.04. The van der Waals surface area contributed by atoms with Gasteiger partial charge in [-0.1, -0.05) is 0 Å². The van der Waals surface area contributed by atoms with Crippen LogP contribution in [0.1, 0.15) is 73.8 Å². The monoisotopic (exact) mass is 637 g/mol. The number of carbonyl (C=O) groups excluding carboxylic acids is 1. The molecule has 3 aromatic heterocycles. The Labute approximate surface area is 262 Å². The van der Waals surface area contributed by atoms with Gasteiger partial charge in [0.05, 0.1) is 12.0 Å². The zero-order valence-electron chi connectivity index (χ0n) is 25.3. The number of carbonyl (C=O) groups is 2. The van der Waals surface area contributed by atoms with Gasteiger partial charge in [0, 0.05) is 53.9 Å². The van der Waals surface area contributed by atoms with Gasteiger partial charge in [0.1, 0.15) is 40.6 Å². The number of anilines is 2. The molecule has 242 valence electrons. The lowest BCUT2D eigenvalue weighted by Gasteiger charge is -2.46. The fourth-order valence-corrected chi connectivity index (χ4v) is 6.42. The molecule has 4 aromatic rings. The predicted octanol–water partition coefficient (Wildman–Crippen LogP) is 5.50. The molecule has 4 N–H and O–H groups in total. The number of fused-ring (bicyclic) bond motifs is 1. The Kier molecular flexibility index (Phi) is 8.42. The van der Waals surface area contributed by atoms with Gasteiger partial charge in [0.15, 0.2) is 0 Å². The lowest BCUT2D eigenvalue weighted by atomic mass is 9.73. The number of aliphatic carboxylic acids is 1. The summed E-state index contributed by atoms with van der Waals surface area (Å²) in [6.45, 7) is 4.81. The van der Waals surface area contributed by atoms with Crippen LogP contribution in [-0.4, -0.2) is 66.5 Å². The molecule has 0 bridgehead atoms. The van der Waals surface area contributed by atoms with Gasteiger partial charge < -0.3 is 20.9 Å². The molecule has 11 nitrogen and oxygen atoms in total. The second-order valence-electron chi connectivity index (χ2n) is 12.2. The molecule has 0 radical (unpaired) electrons. The third-order valence-corrected chi connectivity index (χ3v) is 9.19. The van der Waals surface area contributed by atoms with Crippen LogP contribution in [0.15, 0.2) is 48.9 Å². The number of ether oxygens (including phenoxy) is 1. The van der Waals surface area contributed by atoms with Crippen molar-refractivity contribution in [3.05, 3.63) is 71.7 Å². The maximum absolute atomic E-state index is 15.7. The molecule has 1 saturated carbocycles. The number of imidazole rings is 1. The average molecular weight is 638 g/mol. The van der Waals surface area contributed by atoms with Gasteiger partial charge in [-0.05, 0) is 69.9 Å². The standard InChI is InChI=1S/C32H34F3N7O4/c1-17-16-46-23(15-42(17)20-5-8-32(2,9-6-20)31(44)45)29-40-25(26-28(36)38-11-12-41(26)29)21-4-3-19(13-22(21)33)30(43)39-24-14-18(27(34)35)7-10-37-24/h3-4,7,10-14,17,20,23,27H,5-6,8-9,15-16H2,1-2H3,(H2,36,38)(H,44,45)(H,37,39,43)/t17-,20?,23+,32?/m0/s1. The van der Waals surface area contributed by atoms with E-state index >= 15 is 4.39 Å². The Balaban J connectivity index is 1.27. The largest absolute Gasteiger partial charge is 0.481 e. The van der Waals surface area contributed by atoms with Crippen LogP contribution in [0, 0.1) is 11.2 Å². The van der Waals surface area contributed by atoms with Gasteiger partial charge in [0.2, 0.25) is 0 Å². The highest BCUT2D eigenvalue weighted by Gasteiger charge is 2.42. The number of nitrogens with two attached hydrogens (primary N) is 1. The van der Waals surface area contributed by atoms with Crippen molar-refractivity contribution in [3.63, 3.8) is 0 Å². The third-order valence-electron chi connectivity index (χ3n) is 9.19. The summed E-state index contributed by atoms with van der Waals surface area (Å²) in [4.78, 5) is 39.8. The fraction of sp³-hybridized carbons (Fsp3) is 0.406. The van der Waals surface area contributed by atoms with E-state index in [1.54, 1.807) is 17.5 Å². The number of carboxylic acid groups (broad SMARTS) is 1. The molecule has 46 heavy (non-hydrogen) atoms. The first kappa shape index (κ1) is 31.4. The number of morpholine rings is 1. The van der Waals surface area contributed by atoms with Crippen LogP contribution in [0.2, 0.25) is 0 Å². The quantitative estimate of drug-likeness (QED) is 0.239. The van der Waals surface area contributed by atoms with Crippen molar-refractivity contribution in [2.24, 2.45) is 5.41 Å². The number of nitrogens with one attached hydrogen (secondary N) is 1. The SMILES string of the molecule is C[C@H]1CO[C@@H](c2nc(-c3ccc(C(=O)Nc4cc(C(F)F)ccn4)cc3F)c3c(N)nccn23)CN1C1CCC(C)(C(=O)O)CC1. The smallest absolute Gasteiger partial charge is 0.309 e. The molecular formula is C32H34F3N7O4. The van der Waals surface area contributed by atoms with E-state index in [0.29, 0.717) is 37.3 Å². The summed E-state index contributed by atoms with van der Waals surface area (Å²) in [5.41, 5.74) is 5.89. The van der Waals surface area contributed by atoms with Gasteiger partial charge in [-0.15, -0.1) is 0 Å². The second kappa shape index (κ2) is 12.3. The minimum Gasteiger partial charge on any atom is -0.481 e. The molecule has 2 fully saturated rings. The molecule has 6 rings (SSSR count). The fourth-order valence-electron chi connectivity index (χ4n) is 6.42. The molecule has 1 aliphatic heterocycles. The Hall–Kier alpha value is -4.56. The van der Waals surface area contributed by atoms with Crippen LogP contribution in [0.4, 0.5) is 24.8 Å². The van der Waals surface area contributed by atoms with Gasteiger partial charge in [-0.2, -0.15) is 0 Å². The third kappa shape index (κ3) is 5.89. The Morgan fingerprint density at radius 3 is 2.61 bits per heavy atom. The van der Waals surface area contributed by atoms with Crippen molar-refractivity contribution in [2.75, 3.05) is 24.2 Å². The number of halogens is 3. The Bertz CT molecular complexity index is 1790. The minimum atomic E-state index is -2.74. The lowest BCUT2D eigenvalue weighted by Crippen LogP contribution is -2.52. The van der Waals surface area contributed by atoms with E-state index in [0.717, 1.165) is 37.2 Å². The van der Waals surface area contributed by atoms with Crippen LogP contribution in [-0.2, 0) is 9.53 Å². The number of amides is 1. The van der Waals surface area contributed by atoms with E-state index in [1.165, 1.54) is 18.3 Å². The molecule has 0 unspecified atom stereocenters. The molecule has 14 heteroatoms. The number of nitrogens with zero attached hydrogens (tertiary/aromatic N) is 5. The summed E-state index contributed by atoms with van der Waals surface area (Å²) in [6, 6.07) is 6.33. The summed E-state index contributed by atoms with van der Waals surface area (Å²) in [5, 5.41) is 12.1. The van der Waals surface area contributed by atoms with Crippen molar-refractivity contribution in [3.8, 4) is 11.3 Å². The molecular weight excluding hydrogens is 603 g/mol. The molecule has 2 atom stereocenters. The van der Waals surface area contributed by atoms with Gasteiger partial charge in [-0.3, -0.25) is 18.9 Å². The van der Waals surface area contributed by atoms with E-state index in [9.17, 15) is 23.5 Å². The zero-order valence-corrected chi connectivity index (χ0v) is 25.3. The lowest BCUT2D eigenvalue weighted by molar-refractivity contribution is -0.151. The molecule has 1 aliphatic carbocycles. The van der Waals surface area contributed by atoms with Gasteiger partial charge in [0.25, 0.3) is 12.3 Å². The predicted molar refractivity (Wildman–Crippen MR) is 163 cm³/mol. The van der Waals surface area contributed by atoms with Crippen molar-refractivity contribution in [1.29, 1.82) is 0 Å². The van der Waals surface area contributed by atoms with E-state index in [4.69, 9.17) is 15.5 Å². The van der Waals surface area contributed by atoms with Crippen LogP contribution < -0.4 is 11.1 Å². The molecule has 2 aliphatic rings. The first-order valence-corrected chi connectivity index (χ1v) is 15.0. The maximum atomic E-state index is 15.7. The average Bonchev–Trinajstić information content (AvgIpc) is 3.42. The number of hydrogen-bond donors (Lipinski definition) is 3. The first-order chi connectivity index (χ1) is 21.9. The topological polar surface area (TPSA) is 148 Å². The first-order valence-electron chi connectivity index (χ1n) is 15.0. The molecule has 1 saturated heterocycles. The summed E-state index contributed by atoms with van der Waals surface area (Å²) in [5.74, 6) is -1.69. The molecule has 4 heterocycles. The Morgan fingerprint density at radius 1 is 1.15 bits per heavy atom. The van der Waals surface area contributed by atoms with Crippen LogP contribution in [0.5, 0.6) is 0 Å². The van der Waals surface area contributed by atoms with Gasteiger partial charge >= 0.3 is 5.97 Å². The van der Waals surface area contributed by atoms with E-state index in [-0.39, 0.29) is 46.1 Å². The van der Waals surface area contributed by atoms with Crippen molar-refractivity contribution >= 4 is 29.0 Å². The van der Waals surface area contributed by atoms with Crippen LogP contribution in [0.25, 0.3) is 16.8 Å². The molecule has 0 spiro atoms. The van der Waals surface area contributed by atoms with Crippen molar-refractivity contribution < 1.29 is 32.6 Å².